The molecule has 0 aliphatic carbocycles. The third-order valence-corrected chi connectivity index (χ3v) is 5.06. The van der Waals surface area contributed by atoms with Gasteiger partial charge in [0, 0.05) is 12.2 Å². The molecule has 25 heavy (non-hydrogen) atoms. The Hall–Kier alpha value is -1.83. The lowest BCUT2D eigenvalue weighted by molar-refractivity contribution is -0.128. The fourth-order valence-electron chi connectivity index (χ4n) is 2.75. The molecular formula is C18H23N3O3S. The Kier molecular flexibility index (Phi) is 5.78. The molecule has 1 N–H and O–H groups in total. The number of rotatable bonds is 6. The molecule has 0 spiro atoms. The molecule has 2 heterocycles. The van der Waals surface area contributed by atoms with Gasteiger partial charge in [0.1, 0.15) is 11.1 Å². The third kappa shape index (κ3) is 4.62. The number of anilines is 1. The number of aryl methyl sites for hydroxylation is 2. The maximum Gasteiger partial charge on any atom is 0.255 e. The molecule has 7 heteroatoms. The molecule has 0 bridgehead atoms. The Labute approximate surface area is 151 Å². The Bertz CT molecular complexity index is 741. The minimum Gasteiger partial charge on any atom is -0.376 e. The lowest BCUT2D eigenvalue weighted by Gasteiger charge is -2.15. The van der Waals surface area contributed by atoms with Crippen molar-refractivity contribution in [3.63, 3.8) is 0 Å². The van der Waals surface area contributed by atoms with E-state index in [1.807, 2.05) is 19.1 Å². The van der Waals surface area contributed by atoms with Crippen LogP contribution >= 0.6 is 11.3 Å². The van der Waals surface area contributed by atoms with E-state index < -0.39 is 6.10 Å². The number of carbonyl (C=O) groups excluding carboxylic acids is 1. The van der Waals surface area contributed by atoms with Crippen LogP contribution in [0.25, 0.3) is 10.6 Å². The van der Waals surface area contributed by atoms with E-state index in [4.69, 9.17) is 9.47 Å². The molecule has 1 saturated heterocycles. The summed E-state index contributed by atoms with van der Waals surface area (Å²) in [7, 11) is 0. The van der Waals surface area contributed by atoms with Crippen LogP contribution in [-0.2, 0) is 14.3 Å². The maximum atomic E-state index is 12.2. The molecule has 0 saturated carbocycles. The standard InChI is InChI=1S/C18H23N3O3S/c1-11-6-7-15(12(2)9-11)17-20-21-18(25-17)19-16(22)13(3)24-10-14-5-4-8-23-14/h6-7,9,13-14H,4-5,8,10H2,1-3H3,(H,19,21,22). The van der Waals surface area contributed by atoms with Crippen LogP contribution in [-0.4, -0.2) is 41.5 Å². The van der Waals surface area contributed by atoms with Gasteiger partial charge < -0.3 is 9.47 Å². The molecule has 1 fully saturated rings. The summed E-state index contributed by atoms with van der Waals surface area (Å²) >= 11 is 1.36. The van der Waals surface area contributed by atoms with Crippen molar-refractivity contribution in [2.24, 2.45) is 0 Å². The molecule has 0 radical (unpaired) electrons. The fourth-order valence-corrected chi connectivity index (χ4v) is 3.58. The molecule has 1 aliphatic rings. The topological polar surface area (TPSA) is 73.3 Å². The smallest absolute Gasteiger partial charge is 0.255 e. The van der Waals surface area contributed by atoms with Gasteiger partial charge in [0.25, 0.3) is 5.91 Å². The number of aromatic nitrogens is 2. The van der Waals surface area contributed by atoms with Gasteiger partial charge in [-0.05, 0) is 39.2 Å². The van der Waals surface area contributed by atoms with E-state index in [9.17, 15) is 4.79 Å². The average molecular weight is 361 g/mol. The maximum absolute atomic E-state index is 12.2. The third-order valence-electron chi connectivity index (χ3n) is 4.19. The number of ether oxygens (including phenoxy) is 2. The van der Waals surface area contributed by atoms with Crippen molar-refractivity contribution >= 4 is 22.4 Å². The van der Waals surface area contributed by atoms with Gasteiger partial charge in [-0.1, -0.05) is 35.1 Å². The van der Waals surface area contributed by atoms with Gasteiger partial charge in [-0.25, -0.2) is 0 Å². The van der Waals surface area contributed by atoms with Crippen molar-refractivity contribution in [1.29, 1.82) is 0 Å². The van der Waals surface area contributed by atoms with Crippen molar-refractivity contribution in [2.45, 2.75) is 45.8 Å². The van der Waals surface area contributed by atoms with Crippen molar-refractivity contribution in [1.82, 2.24) is 10.2 Å². The number of nitrogens with one attached hydrogen (secondary N) is 1. The first kappa shape index (κ1) is 18.0. The van der Waals surface area contributed by atoms with Crippen molar-refractivity contribution in [3.8, 4) is 10.6 Å². The highest BCUT2D eigenvalue weighted by Crippen LogP contribution is 2.29. The highest BCUT2D eigenvalue weighted by molar-refractivity contribution is 7.18. The lowest BCUT2D eigenvalue weighted by Crippen LogP contribution is -2.30. The quantitative estimate of drug-likeness (QED) is 0.854. The molecule has 1 aliphatic heterocycles. The Morgan fingerprint density at radius 2 is 2.28 bits per heavy atom. The van der Waals surface area contributed by atoms with Crippen LogP contribution in [0.1, 0.15) is 30.9 Å². The molecule has 1 aromatic heterocycles. The highest BCUT2D eigenvalue weighted by atomic mass is 32.1. The lowest BCUT2D eigenvalue weighted by atomic mass is 10.1. The minimum absolute atomic E-state index is 0.105. The number of amides is 1. The summed E-state index contributed by atoms with van der Waals surface area (Å²) in [5, 5.41) is 12.3. The van der Waals surface area contributed by atoms with E-state index in [2.05, 4.69) is 28.5 Å². The molecule has 2 unspecified atom stereocenters. The SMILES string of the molecule is Cc1ccc(-c2nnc(NC(=O)C(C)OCC3CCCO3)s2)c(C)c1. The van der Waals surface area contributed by atoms with Crippen molar-refractivity contribution in [3.05, 3.63) is 29.3 Å². The molecule has 2 aromatic rings. The second-order valence-electron chi connectivity index (χ2n) is 6.33. The molecule has 2 atom stereocenters. The van der Waals surface area contributed by atoms with Crippen molar-refractivity contribution < 1.29 is 14.3 Å². The summed E-state index contributed by atoms with van der Waals surface area (Å²) in [5.41, 5.74) is 3.38. The first-order valence-corrected chi connectivity index (χ1v) is 9.30. The number of carbonyl (C=O) groups is 1. The van der Waals surface area contributed by atoms with Crippen LogP contribution in [0.5, 0.6) is 0 Å². The molecule has 134 valence electrons. The van der Waals surface area contributed by atoms with Gasteiger partial charge in [0.15, 0.2) is 0 Å². The Balaban J connectivity index is 1.57. The second-order valence-corrected chi connectivity index (χ2v) is 7.31. The number of hydrogen-bond acceptors (Lipinski definition) is 6. The monoisotopic (exact) mass is 361 g/mol. The van der Waals surface area contributed by atoms with Crippen LogP contribution in [0.3, 0.4) is 0 Å². The highest BCUT2D eigenvalue weighted by Gasteiger charge is 2.21. The number of benzene rings is 1. The zero-order valence-electron chi connectivity index (χ0n) is 14.7. The van der Waals surface area contributed by atoms with Crippen molar-refractivity contribution in [2.75, 3.05) is 18.5 Å². The normalized spacial score (nSPS) is 18.3. The largest absolute Gasteiger partial charge is 0.376 e. The van der Waals surface area contributed by atoms with E-state index in [1.54, 1.807) is 6.92 Å². The first-order valence-electron chi connectivity index (χ1n) is 8.48. The van der Waals surface area contributed by atoms with Crippen LogP contribution in [0.15, 0.2) is 18.2 Å². The summed E-state index contributed by atoms with van der Waals surface area (Å²) in [4.78, 5) is 12.2. The summed E-state index contributed by atoms with van der Waals surface area (Å²) in [5.74, 6) is -0.221. The average Bonchev–Trinajstić information content (AvgIpc) is 3.24. The number of nitrogens with zero attached hydrogens (tertiary/aromatic N) is 2. The molecular weight excluding hydrogens is 338 g/mol. The summed E-state index contributed by atoms with van der Waals surface area (Å²) in [6.07, 6.45) is 1.59. The fraction of sp³-hybridized carbons (Fsp3) is 0.500. The zero-order valence-corrected chi connectivity index (χ0v) is 15.6. The molecule has 1 amide bonds. The Morgan fingerprint density at radius 1 is 1.44 bits per heavy atom. The van der Waals surface area contributed by atoms with E-state index >= 15 is 0 Å². The van der Waals surface area contributed by atoms with E-state index in [0.29, 0.717) is 11.7 Å². The summed E-state index contributed by atoms with van der Waals surface area (Å²) < 4.78 is 11.1. The van der Waals surface area contributed by atoms with Gasteiger partial charge in [0.05, 0.1) is 12.7 Å². The van der Waals surface area contributed by atoms with Gasteiger partial charge in [0.2, 0.25) is 5.13 Å². The van der Waals surface area contributed by atoms with Crippen LogP contribution in [0.2, 0.25) is 0 Å². The molecule has 1 aromatic carbocycles. The zero-order chi connectivity index (χ0) is 17.8. The molecule has 3 rings (SSSR count). The molecule has 6 nitrogen and oxygen atoms in total. The van der Waals surface area contributed by atoms with E-state index in [1.165, 1.54) is 16.9 Å². The first-order chi connectivity index (χ1) is 12.0. The summed E-state index contributed by atoms with van der Waals surface area (Å²) in [6, 6.07) is 6.18. The Morgan fingerprint density at radius 3 is 3.00 bits per heavy atom. The van der Waals surface area contributed by atoms with Gasteiger partial charge in [-0.2, -0.15) is 0 Å². The second kappa shape index (κ2) is 8.03. The van der Waals surface area contributed by atoms with Gasteiger partial charge in [-0.3, -0.25) is 10.1 Å². The van der Waals surface area contributed by atoms with Crippen LogP contribution < -0.4 is 5.32 Å². The van der Waals surface area contributed by atoms with Gasteiger partial charge >= 0.3 is 0 Å². The number of hydrogen-bond donors (Lipinski definition) is 1. The summed E-state index contributed by atoms with van der Waals surface area (Å²) in [6.45, 7) is 7.05. The predicted octanol–water partition coefficient (Wildman–Crippen LogP) is 3.34. The van der Waals surface area contributed by atoms with Gasteiger partial charge in [-0.15, -0.1) is 10.2 Å². The minimum atomic E-state index is -0.558. The van der Waals surface area contributed by atoms with Crippen LogP contribution in [0.4, 0.5) is 5.13 Å². The van der Waals surface area contributed by atoms with Crippen LogP contribution in [0, 0.1) is 13.8 Å². The predicted molar refractivity (Wildman–Crippen MR) is 97.8 cm³/mol. The van der Waals surface area contributed by atoms with E-state index in [-0.39, 0.29) is 12.0 Å². The van der Waals surface area contributed by atoms with E-state index in [0.717, 1.165) is 35.6 Å².